The summed E-state index contributed by atoms with van der Waals surface area (Å²) in [7, 11) is 0. The summed E-state index contributed by atoms with van der Waals surface area (Å²) in [4.78, 5) is 9.09. The van der Waals surface area contributed by atoms with Gasteiger partial charge in [-0.3, -0.25) is 4.68 Å². The highest BCUT2D eigenvalue weighted by Crippen LogP contribution is 2.24. The summed E-state index contributed by atoms with van der Waals surface area (Å²) in [5.41, 5.74) is 4.33. The highest BCUT2D eigenvalue weighted by Gasteiger charge is 2.17. The molecule has 5 aromatic rings. The van der Waals surface area contributed by atoms with Gasteiger partial charge in [0, 0.05) is 30.8 Å². The summed E-state index contributed by atoms with van der Waals surface area (Å²) in [5, 5.41) is 30.4. The first-order chi connectivity index (χ1) is 16.3. The lowest BCUT2D eigenvalue weighted by Crippen LogP contribution is -2.16. The summed E-state index contributed by atoms with van der Waals surface area (Å²) in [6, 6.07) is 8.54. The van der Waals surface area contributed by atoms with Gasteiger partial charge in [-0.2, -0.15) is 20.0 Å². The minimum atomic E-state index is 0.444. The second-order valence-corrected chi connectivity index (χ2v) is 8.15. The van der Waals surface area contributed by atoms with Crippen LogP contribution < -0.4 is 5.32 Å². The molecule has 0 amide bonds. The van der Waals surface area contributed by atoms with Crippen LogP contribution in [-0.4, -0.2) is 61.4 Å². The number of aromatic nitrogens is 11. The summed E-state index contributed by atoms with van der Waals surface area (Å²) < 4.78 is 3.62. The van der Waals surface area contributed by atoms with E-state index in [1.165, 1.54) is 12.8 Å². The Kier molecular flexibility index (Phi) is 4.94. The molecule has 0 unspecified atom stereocenters. The Hall–Kier alpha value is -4.22. The van der Waals surface area contributed by atoms with Crippen LogP contribution in [0.1, 0.15) is 31.5 Å². The van der Waals surface area contributed by atoms with Gasteiger partial charge >= 0.3 is 0 Å². The van der Waals surface area contributed by atoms with Crippen LogP contribution in [0.25, 0.3) is 28.0 Å². The van der Waals surface area contributed by atoms with Crippen molar-refractivity contribution in [1.82, 2.24) is 55.4 Å². The number of H-pyrrole nitrogens is 1. The molecule has 0 atom stereocenters. The third kappa shape index (κ3) is 4.02. The molecular formula is C21H22N12. The number of aromatic amines is 1. The molecule has 4 aromatic heterocycles. The average Bonchev–Trinajstić information content (AvgIpc) is 3.66. The Bertz CT molecular complexity index is 1350. The number of tetrazole rings is 1. The molecule has 1 aliphatic rings. The monoisotopic (exact) mass is 442 g/mol. The van der Waals surface area contributed by atoms with Gasteiger partial charge in [-0.1, -0.05) is 35.4 Å². The predicted molar refractivity (Wildman–Crippen MR) is 119 cm³/mol. The van der Waals surface area contributed by atoms with E-state index < -0.39 is 0 Å². The molecule has 33 heavy (non-hydrogen) atoms. The first-order valence-electron chi connectivity index (χ1n) is 11.0. The number of hydrogen-bond acceptors (Lipinski definition) is 9. The molecule has 4 heterocycles. The van der Waals surface area contributed by atoms with Crippen LogP contribution in [-0.2, 0) is 13.0 Å². The van der Waals surface area contributed by atoms with E-state index in [1.807, 2.05) is 41.3 Å². The van der Waals surface area contributed by atoms with Crippen LogP contribution in [0, 0.1) is 0 Å². The lowest BCUT2D eigenvalue weighted by Gasteiger charge is -2.11. The average molecular weight is 442 g/mol. The van der Waals surface area contributed by atoms with Gasteiger partial charge in [0.05, 0.1) is 18.1 Å². The Morgan fingerprint density at radius 3 is 2.73 bits per heavy atom. The number of nitrogens with zero attached hydrogens (tertiary/aromatic N) is 10. The van der Waals surface area contributed by atoms with E-state index in [0.29, 0.717) is 41.9 Å². The molecule has 0 saturated heterocycles. The molecule has 2 N–H and O–H groups in total. The van der Waals surface area contributed by atoms with Crippen molar-refractivity contribution < 1.29 is 0 Å². The van der Waals surface area contributed by atoms with Crippen LogP contribution in [0.2, 0.25) is 0 Å². The minimum Gasteiger partial charge on any atom is -0.351 e. The zero-order valence-electron chi connectivity index (χ0n) is 17.8. The maximum Gasteiger partial charge on any atom is 0.225 e. The molecule has 12 nitrogen and oxygen atoms in total. The molecule has 0 spiro atoms. The van der Waals surface area contributed by atoms with E-state index in [2.05, 4.69) is 51.3 Å². The Morgan fingerprint density at radius 2 is 1.91 bits per heavy atom. The number of rotatable bonds is 7. The van der Waals surface area contributed by atoms with Crippen molar-refractivity contribution in [2.45, 2.75) is 44.7 Å². The summed E-state index contributed by atoms with van der Waals surface area (Å²) in [6.07, 6.45) is 11.1. The first-order valence-corrected chi connectivity index (χ1v) is 11.0. The molecule has 1 fully saturated rings. The van der Waals surface area contributed by atoms with E-state index in [0.717, 1.165) is 29.7 Å². The van der Waals surface area contributed by atoms with E-state index in [1.54, 1.807) is 10.9 Å². The quantitative estimate of drug-likeness (QED) is 0.388. The van der Waals surface area contributed by atoms with Crippen molar-refractivity contribution in [1.29, 1.82) is 0 Å². The van der Waals surface area contributed by atoms with Crippen LogP contribution in [0.3, 0.4) is 0 Å². The van der Waals surface area contributed by atoms with Crippen molar-refractivity contribution >= 4 is 17.1 Å². The molecule has 0 radical (unpaired) electrons. The third-order valence-electron chi connectivity index (χ3n) is 5.91. The van der Waals surface area contributed by atoms with E-state index in [9.17, 15) is 0 Å². The second-order valence-electron chi connectivity index (χ2n) is 8.15. The molecule has 12 heteroatoms. The van der Waals surface area contributed by atoms with Crippen LogP contribution >= 0.6 is 0 Å². The normalized spacial score (nSPS) is 14.3. The van der Waals surface area contributed by atoms with Crippen molar-refractivity contribution in [3.05, 3.63) is 48.7 Å². The molecule has 1 aromatic carbocycles. The Morgan fingerprint density at radius 1 is 1.03 bits per heavy atom. The topological polar surface area (TPSA) is 141 Å². The van der Waals surface area contributed by atoms with Crippen molar-refractivity contribution in [2.75, 3.05) is 5.32 Å². The van der Waals surface area contributed by atoms with Crippen molar-refractivity contribution in [2.24, 2.45) is 0 Å². The molecule has 1 aliphatic carbocycles. The standard InChI is InChI=1S/C21H22N12/c1-2-4-16(3-1)24-21-22-12-18-20(25-21)33(31-26-18)17-7-5-14(6-8-17)15-11-23-32(13-15)10-9-19-27-29-30-28-19/h5-8,11-13,16H,1-4,9-10H2,(H,22,24,25)(H,27,28,29,30). The molecular weight excluding hydrogens is 420 g/mol. The van der Waals surface area contributed by atoms with Gasteiger partial charge in [-0.05, 0) is 30.5 Å². The highest BCUT2D eigenvalue weighted by atomic mass is 15.5. The van der Waals surface area contributed by atoms with Gasteiger partial charge < -0.3 is 5.32 Å². The lowest BCUT2D eigenvalue weighted by atomic mass is 10.1. The number of anilines is 1. The number of aryl methyl sites for hydroxylation is 2. The van der Waals surface area contributed by atoms with Crippen LogP contribution in [0.15, 0.2) is 42.9 Å². The summed E-state index contributed by atoms with van der Waals surface area (Å²) in [5.74, 6) is 1.30. The summed E-state index contributed by atoms with van der Waals surface area (Å²) in [6.45, 7) is 0.680. The van der Waals surface area contributed by atoms with Gasteiger partial charge in [-0.15, -0.1) is 15.3 Å². The third-order valence-corrected chi connectivity index (χ3v) is 5.91. The number of benzene rings is 1. The van der Waals surface area contributed by atoms with Crippen LogP contribution in [0.4, 0.5) is 5.95 Å². The second kappa shape index (κ2) is 8.37. The smallest absolute Gasteiger partial charge is 0.225 e. The number of hydrogen-bond donors (Lipinski definition) is 2. The van der Waals surface area contributed by atoms with E-state index >= 15 is 0 Å². The SMILES string of the molecule is c1cc(-n2nnc3cnc(NC4CCCC4)nc32)ccc1-c1cnn(CCc2nn[nH]n2)c1. The Labute approximate surface area is 188 Å². The van der Waals surface area contributed by atoms with Gasteiger partial charge in [0.15, 0.2) is 17.0 Å². The zero-order valence-corrected chi connectivity index (χ0v) is 17.8. The number of nitrogens with one attached hydrogen (secondary N) is 2. The fraction of sp³-hybridized carbons (Fsp3) is 0.333. The molecule has 0 bridgehead atoms. The maximum absolute atomic E-state index is 4.69. The van der Waals surface area contributed by atoms with Gasteiger partial charge in [0.25, 0.3) is 0 Å². The van der Waals surface area contributed by atoms with Gasteiger partial charge in [-0.25, -0.2) is 4.98 Å². The van der Waals surface area contributed by atoms with Gasteiger partial charge in [0.1, 0.15) is 0 Å². The Balaban J connectivity index is 1.20. The van der Waals surface area contributed by atoms with Crippen molar-refractivity contribution in [3.63, 3.8) is 0 Å². The molecule has 0 aliphatic heterocycles. The molecule has 1 saturated carbocycles. The lowest BCUT2D eigenvalue weighted by molar-refractivity contribution is 0.601. The number of fused-ring (bicyclic) bond motifs is 1. The van der Waals surface area contributed by atoms with Crippen molar-refractivity contribution in [3.8, 4) is 16.8 Å². The summed E-state index contributed by atoms with van der Waals surface area (Å²) >= 11 is 0. The molecule has 166 valence electrons. The first kappa shape index (κ1) is 19.5. The fourth-order valence-corrected chi connectivity index (χ4v) is 4.16. The largest absolute Gasteiger partial charge is 0.351 e. The van der Waals surface area contributed by atoms with E-state index in [-0.39, 0.29) is 0 Å². The predicted octanol–water partition coefficient (Wildman–Crippen LogP) is 2.18. The van der Waals surface area contributed by atoms with Crippen LogP contribution in [0.5, 0.6) is 0 Å². The minimum absolute atomic E-state index is 0.444. The fourth-order valence-electron chi connectivity index (χ4n) is 4.16. The van der Waals surface area contributed by atoms with E-state index in [4.69, 9.17) is 0 Å². The maximum atomic E-state index is 4.69. The zero-order chi connectivity index (χ0) is 22.0. The van der Waals surface area contributed by atoms with Gasteiger partial charge in [0.2, 0.25) is 5.95 Å². The molecule has 6 rings (SSSR count). The highest BCUT2D eigenvalue weighted by molar-refractivity contribution is 5.72.